The van der Waals surface area contributed by atoms with E-state index >= 15 is 0 Å². The van der Waals surface area contributed by atoms with Crippen LogP contribution in [-0.2, 0) is 10.0 Å². The number of nitrogens with zero attached hydrogens (tertiary/aromatic N) is 3. The summed E-state index contributed by atoms with van der Waals surface area (Å²) in [7, 11) is -3.94. The molecule has 3 aromatic heterocycles. The molecule has 5 rings (SSSR count). The Morgan fingerprint density at radius 2 is 1.83 bits per heavy atom. The van der Waals surface area contributed by atoms with Crippen molar-refractivity contribution in [1.82, 2.24) is 20.2 Å². The van der Waals surface area contributed by atoms with Gasteiger partial charge in [-0.05, 0) is 42.8 Å². The molecule has 0 saturated heterocycles. The van der Waals surface area contributed by atoms with Gasteiger partial charge < -0.3 is 10.4 Å². The van der Waals surface area contributed by atoms with Crippen LogP contribution in [-0.4, -0.2) is 39.6 Å². The zero-order chi connectivity index (χ0) is 24.6. The van der Waals surface area contributed by atoms with Crippen molar-refractivity contribution in [3.63, 3.8) is 0 Å². The number of amides is 1. The number of aromatic amines is 1. The minimum absolute atomic E-state index is 0.0472. The predicted molar refractivity (Wildman–Crippen MR) is 133 cm³/mol. The van der Waals surface area contributed by atoms with E-state index in [-0.39, 0.29) is 16.5 Å². The number of aryl methyl sites for hydroxylation is 1. The molecular formula is C23H18N6O4S2. The summed E-state index contributed by atoms with van der Waals surface area (Å²) in [5.74, 6) is -0.836. The smallest absolute Gasteiger partial charge is 0.275 e. The van der Waals surface area contributed by atoms with Crippen LogP contribution in [0.3, 0.4) is 0 Å². The Hall–Kier alpha value is -4.29. The van der Waals surface area contributed by atoms with E-state index in [1.165, 1.54) is 35.7 Å². The number of aromatic nitrogens is 4. The number of benzene rings is 2. The highest BCUT2D eigenvalue weighted by atomic mass is 32.2. The number of thiazole rings is 1. The number of rotatable bonds is 6. The van der Waals surface area contributed by atoms with Crippen LogP contribution in [0.15, 0.2) is 71.2 Å². The van der Waals surface area contributed by atoms with Gasteiger partial charge in [0.1, 0.15) is 11.4 Å². The van der Waals surface area contributed by atoms with Gasteiger partial charge in [-0.25, -0.2) is 18.4 Å². The summed E-state index contributed by atoms with van der Waals surface area (Å²) in [6, 6.07) is 12.8. The van der Waals surface area contributed by atoms with Crippen molar-refractivity contribution < 1.29 is 18.3 Å². The lowest BCUT2D eigenvalue weighted by molar-refractivity contribution is 0.102. The van der Waals surface area contributed by atoms with Gasteiger partial charge in [-0.15, -0.1) is 11.3 Å². The summed E-state index contributed by atoms with van der Waals surface area (Å²) in [4.78, 5) is 20.9. The third-order valence-corrected chi connectivity index (χ3v) is 7.31. The maximum atomic E-state index is 12.7. The number of hydrogen-bond donors (Lipinski definition) is 4. The van der Waals surface area contributed by atoms with E-state index in [0.717, 1.165) is 5.01 Å². The van der Waals surface area contributed by atoms with E-state index in [2.05, 4.69) is 30.2 Å². The van der Waals surface area contributed by atoms with Crippen molar-refractivity contribution in [3.05, 3.63) is 77.0 Å². The summed E-state index contributed by atoms with van der Waals surface area (Å²) in [5, 5.41) is 23.1. The molecule has 3 heterocycles. The minimum Gasteiger partial charge on any atom is -0.492 e. The molecule has 1 amide bonds. The normalized spacial score (nSPS) is 11.5. The maximum Gasteiger partial charge on any atom is 0.275 e. The number of H-pyrrole nitrogens is 1. The van der Waals surface area contributed by atoms with E-state index in [1.54, 1.807) is 41.9 Å². The average molecular weight is 507 g/mol. The Bertz CT molecular complexity index is 1660. The molecular weight excluding hydrogens is 488 g/mol. The molecule has 12 heteroatoms. The van der Waals surface area contributed by atoms with Crippen molar-refractivity contribution in [2.24, 2.45) is 0 Å². The molecule has 10 nitrogen and oxygen atoms in total. The molecule has 35 heavy (non-hydrogen) atoms. The van der Waals surface area contributed by atoms with Gasteiger partial charge in [0.15, 0.2) is 0 Å². The highest BCUT2D eigenvalue weighted by molar-refractivity contribution is 7.92. The molecule has 2 aromatic carbocycles. The van der Waals surface area contributed by atoms with Crippen LogP contribution >= 0.6 is 11.3 Å². The Kier molecular flexibility index (Phi) is 5.67. The molecule has 0 fully saturated rings. The van der Waals surface area contributed by atoms with Crippen molar-refractivity contribution in [2.45, 2.75) is 11.8 Å². The molecule has 0 aliphatic carbocycles. The number of carbonyl (C=O) groups excluding carboxylic acids is 1. The Morgan fingerprint density at radius 1 is 1.06 bits per heavy atom. The van der Waals surface area contributed by atoms with E-state index in [4.69, 9.17) is 0 Å². The van der Waals surface area contributed by atoms with Gasteiger partial charge >= 0.3 is 0 Å². The molecule has 5 aromatic rings. The lowest BCUT2D eigenvalue weighted by Crippen LogP contribution is -2.13. The predicted octanol–water partition coefficient (Wildman–Crippen LogP) is 4.15. The van der Waals surface area contributed by atoms with Crippen LogP contribution < -0.4 is 10.0 Å². The molecule has 0 aliphatic rings. The molecule has 4 N–H and O–H groups in total. The first-order chi connectivity index (χ1) is 16.8. The first kappa shape index (κ1) is 22.5. The number of aromatic hydroxyl groups is 1. The molecule has 0 saturated carbocycles. The van der Waals surface area contributed by atoms with Crippen molar-refractivity contribution in [1.29, 1.82) is 0 Å². The first-order valence-electron chi connectivity index (χ1n) is 10.3. The second-order valence-corrected chi connectivity index (χ2v) is 10.3. The number of carbonyl (C=O) groups is 1. The molecule has 0 spiro atoms. The van der Waals surface area contributed by atoms with E-state index in [9.17, 15) is 18.3 Å². The number of pyridine rings is 1. The number of anilines is 2. The summed E-state index contributed by atoms with van der Waals surface area (Å²) in [5.41, 5.74) is 2.47. The molecule has 176 valence electrons. The minimum atomic E-state index is -3.94. The van der Waals surface area contributed by atoms with E-state index in [0.29, 0.717) is 33.4 Å². The first-order valence-corrected chi connectivity index (χ1v) is 12.6. The zero-order valence-electron chi connectivity index (χ0n) is 18.2. The summed E-state index contributed by atoms with van der Waals surface area (Å²) in [6.45, 7) is 1.82. The van der Waals surface area contributed by atoms with Gasteiger partial charge in [-0.1, -0.05) is 18.2 Å². The number of fused-ring (bicyclic) bond motifs is 1. The van der Waals surface area contributed by atoms with Gasteiger partial charge in [-0.3, -0.25) is 14.6 Å². The second kappa shape index (κ2) is 8.81. The standard InChI is InChI=1S/C23H18N6O4S2/c1-13-26-21(12-34-13)23(31)27-18-7-14(8-19-17(18)11-25-28-19)15-9-20(22(30)24-10-15)29-35(32,33)16-5-3-2-4-6-16/h2-12,29H,1H3,(H,24,30)(H,25,28)(H,27,31). The molecule has 0 aliphatic heterocycles. The fraction of sp³-hybridized carbons (Fsp3) is 0.0435. The number of hydrogen-bond acceptors (Lipinski definition) is 8. The lowest BCUT2D eigenvalue weighted by atomic mass is 10.0. The largest absolute Gasteiger partial charge is 0.492 e. The monoisotopic (exact) mass is 506 g/mol. The van der Waals surface area contributed by atoms with E-state index in [1.807, 2.05) is 6.92 Å². The van der Waals surface area contributed by atoms with Crippen molar-refractivity contribution in [2.75, 3.05) is 10.0 Å². The second-order valence-electron chi connectivity index (χ2n) is 7.57. The van der Waals surface area contributed by atoms with Crippen molar-refractivity contribution >= 4 is 49.5 Å². The average Bonchev–Trinajstić information content (AvgIpc) is 3.50. The fourth-order valence-electron chi connectivity index (χ4n) is 3.47. The topological polar surface area (TPSA) is 150 Å². The van der Waals surface area contributed by atoms with Gasteiger partial charge in [0.05, 0.1) is 27.3 Å². The molecule has 0 atom stereocenters. The summed E-state index contributed by atoms with van der Waals surface area (Å²) < 4.78 is 27.9. The van der Waals surface area contributed by atoms with Crippen LogP contribution in [0.5, 0.6) is 5.88 Å². The maximum absolute atomic E-state index is 12.7. The zero-order valence-corrected chi connectivity index (χ0v) is 19.8. The van der Waals surface area contributed by atoms with Gasteiger partial charge in [-0.2, -0.15) is 5.10 Å². The van der Waals surface area contributed by atoms with Crippen LogP contribution in [0.25, 0.3) is 22.0 Å². The summed E-state index contributed by atoms with van der Waals surface area (Å²) >= 11 is 1.38. The van der Waals surface area contributed by atoms with Crippen LogP contribution in [0.1, 0.15) is 15.5 Å². The number of sulfonamides is 1. The molecule has 0 radical (unpaired) electrons. The Labute approximate surface area is 203 Å². The SMILES string of the molecule is Cc1nc(C(=O)Nc2cc(-c3cnc(O)c(NS(=O)(=O)c4ccccc4)c3)cc3[nH]ncc23)cs1. The Morgan fingerprint density at radius 3 is 2.57 bits per heavy atom. The highest BCUT2D eigenvalue weighted by Gasteiger charge is 2.18. The van der Waals surface area contributed by atoms with Gasteiger partial charge in [0.25, 0.3) is 15.9 Å². The fourth-order valence-corrected chi connectivity index (χ4v) is 5.14. The van der Waals surface area contributed by atoms with Crippen molar-refractivity contribution in [3.8, 4) is 17.0 Å². The van der Waals surface area contributed by atoms with Gasteiger partial charge in [0.2, 0.25) is 5.88 Å². The van der Waals surface area contributed by atoms with E-state index < -0.39 is 15.9 Å². The molecule has 0 bridgehead atoms. The lowest BCUT2D eigenvalue weighted by Gasteiger charge is -2.12. The Balaban J connectivity index is 1.51. The van der Waals surface area contributed by atoms with Crippen LogP contribution in [0, 0.1) is 6.92 Å². The quantitative estimate of drug-likeness (QED) is 0.270. The highest BCUT2D eigenvalue weighted by Crippen LogP contribution is 2.34. The third-order valence-electron chi connectivity index (χ3n) is 5.16. The van der Waals surface area contributed by atoms with Crippen LogP contribution in [0.2, 0.25) is 0 Å². The third kappa shape index (κ3) is 4.56. The van der Waals surface area contributed by atoms with Gasteiger partial charge in [0, 0.05) is 22.5 Å². The number of nitrogens with one attached hydrogen (secondary N) is 3. The molecule has 0 unspecified atom stereocenters. The summed E-state index contributed by atoms with van der Waals surface area (Å²) in [6.07, 6.45) is 3.00. The van der Waals surface area contributed by atoms with Crippen LogP contribution in [0.4, 0.5) is 11.4 Å².